The normalized spacial score (nSPS) is 13.2. The summed E-state index contributed by atoms with van der Waals surface area (Å²) in [5, 5.41) is 2.69. The number of anilines is 1. The number of carbonyl (C=O) groups excluding carboxylic acids is 2. The molecule has 148 valence electrons. The maximum atomic E-state index is 12.5. The van der Waals surface area contributed by atoms with Gasteiger partial charge in [-0.15, -0.1) is 0 Å². The van der Waals surface area contributed by atoms with E-state index < -0.39 is 18.0 Å². The van der Waals surface area contributed by atoms with Crippen LogP contribution in [0.3, 0.4) is 0 Å². The molecule has 1 aliphatic heterocycles. The molecule has 1 aliphatic rings. The molecule has 0 saturated carbocycles. The van der Waals surface area contributed by atoms with E-state index in [2.05, 4.69) is 5.32 Å². The van der Waals surface area contributed by atoms with Crippen LogP contribution in [0.5, 0.6) is 23.0 Å². The van der Waals surface area contributed by atoms with Crippen molar-refractivity contribution in [2.75, 3.05) is 32.8 Å². The van der Waals surface area contributed by atoms with Gasteiger partial charge in [0.2, 0.25) is 0 Å². The molecule has 2 aromatic rings. The van der Waals surface area contributed by atoms with Gasteiger partial charge in [0.1, 0.15) is 18.8 Å². The molecule has 8 nitrogen and oxygen atoms in total. The van der Waals surface area contributed by atoms with E-state index in [4.69, 9.17) is 23.7 Å². The molecule has 0 saturated heterocycles. The number of rotatable bonds is 6. The third kappa shape index (κ3) is 4.11. The number of methoxy groups -OCH3 is 2. The smallest absolute Gasteiger partial charge is 0.342 e. The highest BCUT2D eigenvalue weighted by molar-refractivity contribution is 5.98. The molecule has 1 amide bonds. The molecule has 0 radical (unpaired) electrons. The lowest BCUT2D eigenvalue weighted by Crippen LogP contribution is -2.30. The molecule has 0 spiro atoms. The van der Waals surface area contributed by atoms with Gasteiger partial charge in [0.05, 0.1) is 14.2 Å². The molecule has 2 aromatic carbocycles. The molecule has 0 fully saturated rings. The van der Waals surface area contributed by atoms with Crippen molar-refractivity contribution >= 4 is 17.6 Å². The molecule has 1 atom stereocenters. The molecule has 8 heteroatoms. The zero-order valence-electron chi connectivity index (χ0n) is 15.8. The lowest BCUT2D eigenvalue weighted by molar-refractivity contribution is -0.123. The minimum atomic E-state index is -1.03. The van der Waals surface area contributed by atoms with Gasteiger partial charge in [0.15, 0.2) is 29.1 Å². The van der Waals surface area contributed by atoms with E-state index >= 15 is 0 Å². The van der Waals surface area contributed by atoms with Crippen molar-refractivity contribution in [3.63, 3.8) is 0 Å². The molecule has 1 N–H and O–H groups in total. The van der Waals surface area contributed by atoms with Crippen molar-refractivity contribution in [1.29, 1.82) is 0 Å². The second-order valence-corrected chi connectivity index (χ2v) is 5.94. The second-order valence-electron chi connectivity index (χ2n) is 5.94. The summed E-state index contributed by atoms with van der Waals surface area (Å²) in [4.78, 5) is 24.9. The average Bonchev–Trinajstić information content (AvgIpc) is 2.72. The van der Waals surface area contributed by atoms with E-state index in [1.165, 1.54) is 27.2 Å². The van der Waals surface area contributed by atoms with Crippen molar-refractivity contribution in [3.05, 3.63) is 42.0 Å². The number of amides is 1. The first kappa shape index (κ1) is 19.3. The number of benzene rings is 2. The summed E-state index contributed by atoms with van der Waals surface area (Å²) < 4.78 is 26.6. The van der Waals surface area contributed by atoms with Gasteiger partial charge in [-0.3, -0.25) is 4.79 Å². The zero-order valence-corrected chi connectivity index (χ0v) is 15.8. The van der Waals surface area contributed by atoms with Crippen LogP contribution in [0, 0.1) is 0 Å². The van der Waals surface area contributed by atoms with E-state index in [-0.39, 0.29) is 11.3 Å². The third-order valence-electron chi connectivity index (χ3n) is 4.09. The summed E-state index contributed by atoms with van der Waals surface area (Å²) in [6.45, 7) is 2.41. The fourth-order valence-corrected chi connectivity index (χ4v) is 2.69. The van der Waals surface area contributed by atoms with Gasteiger partial charge < -0.3 is 29.0 Å². The average molecular weight is 387 g/mol. The molecular formula is C20H21NO7. The Morgan fingerprint density at radius 2 is 1.79 bits per heavy atom. The van der Waals surface area contributed by atoms with Gasteiger partial charge in [0.25, 0.3) is 5.91 Å². The van der Waals surface area contributed by atoms with E-state index in [1.54, 1.807) is 30.3 Å². The Balaban J connectivity index is 1.67. The highest BCUT2D eigenvalue weighted by atomic mass is 16.6. The second kappa shape index (κ2) is 8.51. The SMILES string of the molecule is COc1cccc(C(=O)OC(C)C(=O)Nc2ccc3c(c2)OCCO3)c1OC. The number of hydrogen-bond donors (Lipinski definition) is 1. The Labute approximate surface area is 162 Å². The molecule has 0 aromatic heterocycles. The van der Waals surface area contributed by atoms with Gasteiger partial charge in [-0.05, 0) is 31.2 Å². The first-order valence-electron chi connectivity index (χ1n) is 8.66. The molecule has 0 aliphatic carbocycles. The molecule has 0 bridgehead atoms. The van der Waals surface area contributed by atoms with Crippen LogP contribution in [0.2, 0.25) is 0 Å². The largest absolute Gasteiger partial charge is 0.493 e. The summed E-state index contributed by atoms with van der Waals surface area (Å²) in [7, 11) is 2.89. The van der Waals surface area contributed by atoms with Crippen LogP contribution >= 0.6 is 0 Å². The van der Waals surface area contributed by atoms with E-state index in [1.807, 2.05) is 0 Å². The Bertz CT molecular complexity index is 881. The van der Waals surface area contributed by atoms with Crippen LogP contribution in [-0.4, -0.2) is 45.4 Å². The summed E-state index contributed by atoms with van der Waals surface area (Å²) in [5.41, 5.74) is 0.678. The maximum Gasteiger partial charge on any atom is 0.342 e. The zero-order chi connectivity index (χ0) is 20.1. The van der Waals surface area contributed by atoms with E-state index in [0.29, 0.717) is 36.1 Å². The number of hydrogen-bond acceptors (Lipinski definition) is 7. The first-order valence-corrected chi connectivity index (χ1v) is 8.66. The first-order chi connectivity index (χ1) is 13.5. The van der Waals surface area contributed by atoms with Crippen LogP contribution in [-0.2, 0) is 9.53 Å². The topological polar surface area (TPSA) is 92.3 Å². The van der Waals surface area contributed by atoms with Gasteiger partial charge in [0, 0.05) is 11.8 Å². The van der Waals surface area contributed by atoms with Crippen molar-refractivity contribution in [1.82, 2.24) is 0 Å². The Hall–Kier alpha value is -3.42. The number of nitrogens with one attached hydrogen (secondary N) is 1. The molecular weight excluding hydrogens is 366 g/mol. The van der Waals surface area contributed by atoms with Crippen molar-refractivity contribution in [2.24, 2.45) is 0 Å². The fraction of sp³-hybridized carbons (Fsp3) is 0.300. The predicted molar refractivity (Wildman–Crippen MR) is 100 cm³/mol. The molecule has 1 heterocycles. The fourth-order valence-electron chi connectivity index (χ4n) is 2.69. The van der Waals surface area contributed by atoms with E-state index in [0.717, 1.165) is 0 Å². The summed E-state index contributed by atoms with van der Waals surface area (Å²) in [6, 6.07) is 9.89. The van der Waals surface area contributed by atoms with Crippen molar-refractivity contribution in [3.8, 4) is 23.0 Å². The quantitative estimate of drug-likeness (QED) is 0.762. The number of ether oxygens (including phenoxy) is 5. The maximum absolute atomic E-state index is 12.5. The summed E-state index contributed by atoms with van der Waals surface area (Å²) >= 11 is 0. The lowest BCUT2D eigenvalue weighted by Gasteiger charge is -2.19. The van der Waals surface area contributed by atoms with Crippen LogP contribution in [0.1, 0.15) is 17.3 Å². The van der Waals surface area contributed by atoms with Gasteiger partial charge in [-0.2, -0.15) is 0 Å². The minimum absolute atomic E-state index is 0.167. The standard InChI is InChI=1S/C20H21NO7/c1-12(28-20(23)14-5-4-6-16(24-2)18(14)25-3)19(22)21-13-7-8-15-17(11-13)27-10-9-26-15/h4-8,11-12H,9-10H2,1-3H3,(H,21,22). The van der Waals surface area contributed by atoms with Crippen molar-refractivity contribution in [2.45, 2.75) is 13.0 Å². The highest BCUT2D eigenvalue weighted by Gasteiger charge is 2.23. The van der Waals surface area contributed by atoms with Gasteiger partial charge in [-0.1, -0.05) is 6.07 Å². The predicted octanol–water partition coefficient (Wildman–Crippen LogP) is 2.66. The van der Waals surface area contributed by atoms with Crippen LogP contribution in [0.15, 0.2) is 36.4 Å². The van der Waals surface area contributed by atoms with Crippen molar-refractivity contribution < 1.29 is 33.3 Å². The van der Waals surface area contributed by atoms with E-state index in [9.17, 15) is 9.59 Å². The summed E-state index contributed by atoms with van der Waals surface area (Å²) in [5.74, 6) is 0.635. The summed E-state index contributed by atoms with van der Waals surface area (Å²) in [6.07, 6.45) is -1.03. The van der Waals surface area contributed by atoms with Gasteiger partial charge in [-0.25, -0.2) is 4.79 Å². The Morgan fingerprint density at radius 3 is 2.50 bits per heavy atom. The van der Waals surface area contributed by atoms with Gasteiger partial charge >= 0.3 is 5.97 Å². The molecule has 1 unspecified atom stereocenters. The number of para-hydroxylation sites is 1. The lowest BCUT2D eigenvalue weighted by atomic mass is 10.2. The minimum Gasteiger partial charge on any atom is -0.493 e. The molecule has 3 rings (SSSR count). The Kier molecular flexibility index (Phi) is 5.88. The van der Waals surface area contributed by atoms with Crippen LogP contribution in [0.25, 0.3) is 0 Å². The number of fused-ring (bicyclic) bond motifs is 1. The number of carbonyl (C=O) groups is 2. The Morgan fingerprint density at radius 1 is 1.04 bits per heavy atom. The highest BCUT2D eigenvalue weighted by Crippen LogP contribution is 2.33. The van der Waals surface area contributed by atoms with Crippen LogP contribution < -0.4 is 24.3 Å². The monoisotopic (exact) mass is 387 g/mol. The number of esters is 1. The van der Waals surface area contributed by atoms with Crippen LogP contribution in [0.4, 0.5) is 5.69 Å². The third-order valence-corrected chi connectivity index (χ3v) is 4.09. The molecule has 28 heavy (non-hydrogen) atoms.